The number of nitrogens with zero attached hydrogens (tertiary/aromatic N) is 1. The SMILES string of the molecule is O=c1[nH]c(NCCCCCO)nc2c1CCC2. The van der Waals surface area contributed by atoms with Gasteiger partial charge in [0.1, 0.15) is 0 Å². The molecule has 17 heavy (non-hydrogen) atoms. The standard InChI is InChI=1S/C12H19N3O2/c16-8-3-1-2-7-13-12-14-10-6-4-5-9(10)11(17)15-12/h16H,1-8H2,(H2,13,14,15,17). The van der Waals surface area contributed by atoms with Crippen LogP contribution < -0.4 is 10.9 Å². The smallest absolute Gasteiger partial charge is 0.255 e. The number of hydrogen-bond donors (Lipinski definition) is 3. The molecule has 0 radical (unpaired) electrons. The van der Waals surface area contributed by atoms with Crippen molar-refractivity contribution in [3.8, 4) is 0 Å². The minimum Gasteiger partial charge on any atom is -0.396 e. The minimum absolute atomic E-state index is 0.00496. The van der Waals surface area contributed by atoms with Crippen LogP contribution in [0.2, 0.25) is 0 Å². The van der Waals surface area contributed by atoms with Crippen molar-refractivity contribution in [2.24, 2.45) is 0 Å². The van der Waals surface area contributed by atoms with Gasteiger partial charge in [-0.15, -0.1) is 0 Å². The highest BCUT2D eigenvalue weighted by molar-refractivity contribution is 5.31. The molecule has 3 N–H and O–H groups in total. The van der Waals surface area contributed by atoms with Crippen molar-refractivity contribution in [1.82, 2.24) is 9.97 Å². The van der Waals surface area contributed by atoms with Crippen molar-refractivity contribution in [2.45, 2.75) is 38.5 Å². The number of aliphatic hydroxyl groups is 1. The van der Waals surface area contributed by atoms with E-state index in [2.05, 4.69) is 15.3 Å². The van der Waals surface area contributed by atoms with E-state index < -0.39 is 0 Å². The highest BCUT2D eigenvalue weighted by Gasteiger charge is 2.16. The molecule has 1 aliphatic rings. The topological polar surface area (TPSA) is 78.0 Å². The van der Waals surface area contributed by atoms with Gasteiger partial charge in [-0.2, -0.15) is 0 Å². The van der Waals surface area contributed by atoms with Gasteiger partial charge in [-0.3, -0.25) is 9.78 Å². The number of hydrogen-bond acceptors (Lipinski definition) is 4. The lowest BCUT2D eigenvalue weighted by atomic mass is 10.2. The molecule has 1 aromatic heterocycles. The van der Waals surface area contributed by atoms with E-state index >= 15 is 0 Å². The van der Waals surface area contributed by atoms with Crippen LogP contribution in [0.25, 0.3) is 0 Å². The Labute approximate surface area is 100 Å². The molecule has 0 bridgehead atoms. The molecule has 0 saturated carbocycles. The summed E-state index contributed by atoms with van der Waals surface area (Å²) in [4.78, 5) is 18.9. The number of rotatable bonds is 6. The summed E-state index contributed by atoms with van der Waals surface area (Å²) in [6.45, 7) is 1.02. The average Bonchev–Trinajstić information content (AvgIpc) is 2.77. The summed E-state index contributed by atoms with van der Waals surface area (Å²) in [5.74, 6) is 0.583. The number of H-pyrrole nitrogens is 1. The summed E-state index contributed by atoms with van der Waals surface area (Å²) in [7, 11) is 0. The first-order valence-corrected chi connectivity index (χ1v) is 6.28. The van der Waals surface area contributed by atoms with Crippen LogP contribution in [0.4, 0.5) is 5.95 Å². The van der Waals surface area contributed by atoms with Crippen LogP contribution in [0, 0.1) is 0 Å². The Morgan fingerprint density at radius 1 is 1.29 bits per heavy atom. The van der Waals surface area contributed by atoms with Gasteiger partial charge in [-0.1, -0.05) is 0 Å². The number of anilines is 1. The van der Waals surface area contributed by atoms with Gasteiger partial charge in [-0.05, 0) is 38.5 Å². The highest BCUT2D eigenvalue weighted by Crippen LogP contribution is 2.16. The lowest BCUT2D eigenvalue weighted by Gasteiger charge is -2.06. The number of aromatic amines is 1. The lowest BCUT2D eigenvalue weighted by Crippen LogP contribution is -2.18. The zero-order chi connectivity index (χ0) is 12.1. The zero-order valence-corrected chi connectivity index (χ0v) is 9.96. The first kappa shape index (κ1) is 12.1. The third-order valence-electron chi connectivity index (χ3n) is 3.07. The normalized spacial score (nSPS) is 13.7. The van der Waals surface area contributed by atoms with Gasteiger partial charge in [0.25, 0.3) is 5.56 Å². The molecule has 0 aromatic carbocycles. The second kappa shape index (κ2) is 5.82. The van der Waals surface area contributed by atoms with Crippen LogP contribution in [0.15, 0.2) is 4.79 Å². The summed E-state index contributed by atoms with van der Waals surface area (Å²) >= 11 is 0. The molecule has 2 rings (SSSR count). The number of aromatic nitrogens is 2. The Morgan fingerprint density at radius 3 is 3.00 bits per heavy atom. The maximum absolute atomic E-state index is 11.7. The van der Waals surface area contributed by atoms with E-state index in [1.54, 1.807) is 0 Å². The van der Waals surface area contributed by atoms with Gasteiger partial charge in [0, 0.05) is 18.7 Å². The van der Waals surface area contributed by atoms with Crippen LogP contribution >= 0.6 is 0 Å². The number of fused-ring (bicyclic) bond motifs is 1. The Kier molecular flexibility index (Phi) is 4.14. The van der Waals surface area contributed by atoms with Crippen LogP contribution in [-0.4, -0.2) is 28.2 Å². The molecule has 0 spiro atoms. The van der Waals surface area contributed by atoms with Crippen molar-refractivity contribution >= 4 is 5.95 Å². The monoisotopic (exact) mass is 237 g/mol. The van der Waals surface area contributed by atoms with E-state index in [0.29, 0.717) is 5.95 Å². The second-order valence-corrected chi connectivity index (χ2v) is 4.40. The first-order chi connectivity index (χ1) is 8.31. The molecular formula is C12H19N3O2. The third kappa shape index (κ3) is 3.06. The average molecular weight is 237 g/mol. The van der Waals surface area contributed by atoms with Crippen molar-refractivity contribution < 1.29 is 5.11 Å². The maximum atomic E-state index is 11.7. The Bertz CT molecular complexity index is 428. The first-order valence-electron chi connectivity index (χ1n) is 6.28. The molecule has 0 amide bonds. The van der Waals surface area contributed by atoms with Crippen LogP contribution in [0.3, 0.4) is 0 Å². The van der Waals surface area contributed by atoms with Crippen molar-refractivity contribution in [3.05, 3.63) is 21.6 Å². The number of nitrogens with one attached hydrogen (secondary N) is 2. The lowest BCUT2D eigenvalue weighted by molar-refractivity contribution is 0.283. The molecule has 1 aromatic rings. The van der Waals surface area contributed by atoms with E-state index in [9.17, 15) is 4.79 Å². The van der Waals surface area contributed by atoms with Crippen LogP contribution in [-0.2, 0) is 12.8 Å². The molecule has 0 atom stereocenters. The van der Waals surface area contributed by atoms with Crippen molar-refractivity contribution in [3.63, 3.8) is 0 Å². The van der Waals surface area contributed by atoms with Gasteiger partial charge in [0.05, 0.1) is 5.69 Å². The summed E-state index contributed by atoms with van der Waals surface area (Å²) in [6.07, 6.45) is 5.59. The largest absolute Gasteiger partial charge is 0.396 e. The number of aliphatic hydroxyl groups excluding tert-OH is 1. The predicted molar refractivity (Wildman–Crippen MR) is 66.3 cm³/mol. The second-order valence-electron chi connectivity index (χ2n) is 4.40. The summed E-state index contributed by atoms with van der Waals surface area (Å²) < 4.78 is 0. The summed E-state index contributed by atoms with van der Waals surface area (Å²) in [5.41, 5.74) is 1.81. The Hall–Kier alpha value is -1.36. The summed E-state index contributed by atoms with van der Waals surface area (Å²) in [5, 5.41) is 11.8. The van der Waals surface area contributed by atoms with E-state index in [1.165, 1.54) is 0 Å². The molecule has 1 heterocycles. The van der Waals surface area contributed by atoms with Gasteiger partial charge in [-0.25, -0.2) is 4.98 Å². The molecule has 1 aliphatic carbocycles. The third-order valence-corrected chi connectivity index (χ3v) is 3.07. The fourth-order valence-electron chi connectivity index (χ4n) is 2.15. The highest BCUT2D eigenvalue weighted by atomic mass is 16.2. The van der Waals surface area contributed by atoms with E-state index in [1.807, 2.05) is 0 Å². The molecule has 0 fully saturated rings. The molecule has 94 valence electrons. The maximum Gasteiger partial charge on any atom is 0.255 e. The fraction of sp³-hybridized carbons (Fsp3) is 0.667. The number of aryl methyl sites for hydroxylation is 1. The van der Waals surface area contributed by atoms with E-state index in [4.69, 9.17) is 5.11 Å². The van der Waals surface area contributed by atoms with Gasteiger partial charge in [0.2, 0.25) is 5.95 Å². The quantitative estimate of drug-likeness (QED) is 0.640. The Morgan fingerprint density at radius 2 is 2.18 bits per heavy atom. The van der Waals surface area contributed by atoms with Gasteiger partial charge < -0.3 is 10.4 Å². The zero-order valence-electron chi connectivity index (χ0n) is 9.96. The van der Waals surface area contributed by atoms with E-state index in [0.717, 1.165) is 56.3 Å². The molecular weight excluding hydrogens is 218 g/mol. The predicted octanol–water partition coefficient (Wildman–Crippen LogP) is 0.833. The van der Waals surface area contributed by atoms with Gasteiger partial charge >= 0.3 is 0 Å². The van der Waals surface area contributed by atoms with Crippen LogP contribution in [0.5, 0.6) is 0 Å². The van der Waals surface area contributed by atoms with E-state index in [-0.39, 0.29) is 12.2 Å². The minimum atomic E-state index is 0.00496. The number of unbranched alkanes of at least 4 members (excludes halogenated alkanes) is 2. The van der Waals surface area contributed by atoms with Crippen LogP contribution in [0.1, 0.15) is 36.9 Å². The molecule has 0 aliphatic heterocycles. The van der Waals surface area contributed by atoms with Gasteiger partial charge in [0.15, 0.2) is 0 Å². The summed E-state index contributed by atoms with van der Waals surface area (Å²) in [6, 6.07) is 0. The Balaban J connectivity index is 1.89. The fourth-order valence-corrected chi connectivity index (χ4v) is 2.15. The molecule has 5 heteroatoms. The van der Waals surface area contributed by atoms with Crippen molar-refractivity contribution in [1.29, 1.82) is 0 Å². The molecule has 0 saturated heterocycles. The molecule has 5 nitrogen and oxygen atoms in total. The van der Waals surface area contributed by atoms with Crippen molar-refractivity contribution in [2.75, 3.05) is 18.5 Å². The molecule has 0 unspecified atom stereocenters.